The van der Waals surface area contributed by atoms with Gasteiger partial charge in [0.2, 0.25) is 0 Å². The summed E-state index contributed by atoms with van der Waals surface area (Å²) in [7, 11) is 0. The van der Waals surface area contributed by atoms with E-state index in [9.17, 15) is 0 Å². The van der Waals surface area contributed by atoms with E-state index in [0.29, 0.717) is 11.0 Å². The van der Waals surface area contributed by atoms with Gasteiger partial charge < -0.3 is 5.73 Å². The van der Waals surface area contributed by atoms with Gasteiger partial charge in [0.15, 0.2) is 5.82 Å². The van der Waals surface area contributed by atoms with Crippen LogP contribution in [0.2, 0.25) is 5.02 Å². The number of nitrogens with zero attached hydrogens (tertiary/aromatic N) is 4. The lowest BCUT2D eigenvalue weighted by atomic mass is 10.5. The number of nitrogens with two attached hydrogens (primary N) is 1. The van der Waals surface area contributed by atoms with Crippen LogP contribution in [0.15, 0.2) is 18.5 Å². The number of halogens is 1. The quantitative estimate of drug-likeness (QED) is 0.767. The molecule has 0 spiro atoms. The molecule has 0 unspecified atom stereocenters. The summed E-state index contributed by atoms with van der Waals surface area (Å²) in [5.41, 5.74) is 6.36. The molecule has 6 heteroatoms. The molecule has 0 bridgehead atoms. The van der Waals surface area contributed by atoms with E-state index in [2.05, 4.69) is 15.1 Å². The Balaban J connectivity index is 2.49. The first-order valence-corrected chi connectivity index (χ1v) is 4.35. The Hall–Kier alpha value is -1.62. The molecule has 2 aromatic heterocycles. The molecule has 0 fully saturated rings. The van der Waals surface area contributed by atoms with E-state index in [0.717, 1.165) is 5.69 Å². The minimum absolute atomic E-state index is 0.275. The predicted molar refractivity (Wildman–Crippen MR) is 53.3 cm³/mol. The van der Waals surface area contributed by atoms with Crippen molar-refractivity contribution in [1.82, 2.24) is 19.7 Å². The van der Waals surface area contributed by atoms with E-state index in [-0.39, 0.29) is 5.82 Å². The Morgan fingerprint density at radius 1 is 1.50 bits per heavy atom. The third kappa shape index (κ3) is 1.54. The standard InChI is InChI=1S/C8H8ClN5/c1-5-2-3-11-8(12-5)14-4-6(9)7(10)13-14/h2-4H,1H3,(H2,10,13). The maximum absolute atomic E-state index is 5.76. The average molecular weight is 210 g/mol. The topological polar surface area (TPSA) is 69.6 Å². The molecule has 0 atom stereocenters. The molecular formula is C8H8ClN5. The van der Waals surface area contributed by atoms with Crippen molar-refractivity contribution in [1.29, 1.82) is 0 Å². The summed E-state index contributed by atoms with van der Waals surface area (Å²) >= 11 is 5.76. The summed E-state index contributed by atoms with van der Waals surface area (Å²) in [6.45, 7) is 1.87. The van der Waals surface area contributed by atoms with Crippen molar-refractivity contribution in [3.63, 3.8) is 0 Å². The van der Waals surface area contributed by atoms with Gasteiger partial charge in [0.25, 0.3) is 5.95 Å². The summed E-state index contributed by atoms with van der Waals surface area (Å²) in [6.07, 6.45) is 3.23. The van der Waals surface area contributed by atoms with E-state index in [1.54, 1.807) is 18.5 Å². The normalized spacial score (nSPS) is 10.4. The van der Waals surface area contributed by atoms with Gasteiger partial charge in [0, 0.05) is 11.9 Å². The summed E-state index contributed by atoms with van der Waals surface area (Å²) in [5, 5.41) is 4.36. The van der Waals surface area contributed by atoms with Crippen LogP contribution in [0.5, 0.6) is 0 Å². The molecule has 0 aromatic carbocycles. The van der Waals surface area contributed by atoms with Gasteiger partial charge in [-0.15, -0.1) is 5.10 Å². The lowest BCUT2D eigenvalue weighted by Crippen LogP contribution is -2.02. The van der Waals surface area contributed by atoms with E-state index >= 15 is 0 Å². The zero-order valence-corrected chi connectivity index (χ0v) is 8.23. The molecule has 0 radical (unpaired) electrons. The first-order chi connectivity index (χ1) is 6.66. The highest BCUT2D eigenvalue weighted by Crippen LogP contribution is 2.16. The van der Waals surface area contributed by atoms with Gasteiger partial charge in [-0.2, -0.15) is 0 Å². The Labute approximate surface area is 85.5 Å². The smallest absolute Gasteiger partial charge is 0.250 e. The fourth-order valence-electron chi connectivity index (χ4n) is 1.01. The maximum atomic E-state index is 5.76. The first kappa shape index (κ1) is 8.96. The monoisotopic (exact) mass is 209 g/mol. The number of hydrogen-bond donors (Lipinski definition) is 1. The van der Waals surface area contributed by atoms with E-state index < -0.39 is 0 Å². The SMILES string of the molecule is Cc1ccnc(-n2cc(Cl)c(N)n2)n1. The van der Waals surface area contributed by atoms with Crippen molar-refractivity contribution < 1.29 is 0 Å². The van der Waals surface area contributed by atoms with Crippen LogP contribution in [-0.2, 0) is 0 Å². The largest absolute Gasteiger partial charge is 0.381 e. The molecule has 0 saturated heterocycles. The lowest BCUT2D eigenvalue weighted by Gasteiger charge is -1.98. The number of aromatic nitrogens is 4. The Bertz CT molecular complexity index is 445. The van der Waals surface area contributed by atoms with Crippen molar-refractivity contribution in [3.8, 4) is 5.95 Å². The number of anilines is 1. The third-order valence-electron chi connectivity index (χ3n) is 1.68. The lowest BCUT2D eigenvalue weighted by molar-refractivity contribution is 0.805. The molecule has 2 N–H and O–H groups in total. The molecule has 2 rings (SSSR count). The van der Waals surface area contributed by atoms with Crippen molar-refractivity contribution in [2.24, 2.45) is 0 Å². The number of nitrogen functional groups attached to an aromatic ring is 1. The number of aryl methyl sites for hydroxylation is 1. The van der Waals surface area contributed by atoms with Crippen molar-refractivity contribution >= 4 is 17.4 Å². The van der Waals surface area contributed by atoms with Gasteiger partial charge in [-0.3, -0.25) is 0 Å². The molecule has 2 aromatic rings. The van der Waals surface area contributed by atoms with Crippen LogP contribution in [0.25, 0.3) is 5.95 Å². The molecular weight excluding hydrogens is 202 g/mol. The molecule has 0 saturated carbocycles. The molecule has 72 valence electrons. The van der Waals surface area contributed by atoms with E-state index in [1.807, 2.05) is 6.92 Å². The highest BCUT2D eigenvalue weighted by molar-refractivity contribution is 6.32. The average Bonchev–Trinajstić information content (AvgIpc) is 2.47. The molecule has 0 aliphatic carbocycles. The fourth-order valence-corrected chi connectivity index (χ4v) is 1.14. The highest BCUT2D eigenvalue weighted by Gasteiger charge is 2.06. The second kappa shape index (κ2) is 3.26. The minimum atomic E-state index is 0.275. The Morgan fingerprint density at radius 2 is 2.29 bits per heavy atom. The highest BCUT2D eigenvalue weighted by atomic mass is 35.5. The van der Waals surface area contributed by atoms with Crippen LogP contribution < -0.4 is 5.73 Å². The molecule has 5 nitrogen and oxygen atoms in total. The number of hydrogen-bond acceptors (Lipinski definition) is 4. The minimum Gasteiger partial charge on any atom is -0.381 e. The van der Waals surface area contributed by atoms with Crippen molar-refractivity contribution in [2.75, 3.05) is 5.73 Å². The molecule has 2 heterocycles. The summed E-state index contributed by atoms with van der Waals surface area (Å²) in [4.78, 5) is 8.21. The van der Waals surface area contributed by atoms with Crippen LogP contribution >= 0.6 is 11.6 Å². The van der Waals surface area contributed by atoms with Crippen molar-refractivity contribution in [2.45, 2.75) is 6.92 Å². The second-order valence-corrected chi connectivity index (χ2v) is 3.21. The van der Waals surface area contributed by atoms with Crippen LogP contribution in [0, 0.1) is 6.92 Å². The summed E-state index contributed by atoms with van der Waals surface area (Å²) in [6, 6.07) is 1.80. The fraction of sp³-hybridized carbons (Fsp3) is 0.125. The van der Waals surface area contributed by atoms with Gasteiger partial charge in [0.1, 0.15) is 5.02 Å². The molecule has 0 aliphatic rings. The number of rotatable bonds is 1. The van der Waals surface area contributed by atoms with Crippen LogP contribution in [-0.4, -0.2) is 19.7 Å². The van der Waals surface area contributed by atoms with Gasteiger partial charge >= 0.3 is 0 Å². The first-order valence-electron chi connectivity index (χ1n) is 3.97. The van der Waals surface area contributed by atoms with Gasteiger partial charge in [-0.25, -0.2) is 14.6 Å². The Kier molecular flexibility index (Phi) is 2.09. The van der Waals surface area contributed by atoms with E-state index in [1.165, 1.54) is 4.68 Å². The van der Waals surface area contributed by atoms with Gasteiger partial charge in [-0.1, -0.05) is 11.6 Å². The molecule has 14 heavy (non-hydrogen) atoms. The van der Waals surface area contributed by atoms with Gasteiger partial charge in [0.05, 0.1) is 6.20 Å². The van der Waals surface area contributed by atoms with Crippen LogP contribution in [0.4, 0.5) is 5.82 Å². The zero-order chi connectivity index (χ0) is 10.1. The molecule has 0 aliphatic heterocycles. The summed E-state index contributed by atoms with van der Waals surface area (Å²) < 4.78 is 1.45. The van der Waals surface area contributed by atoms with Crippen LogP contribution in [0.1, 0.15) is 5.69 Å². The van der Waals surface area contributed by atoms with Crippen LogP contribution in [0.3, 0.4) is 0 Å². The predicted octanol–water partition coefficient (Wildman–Crippen LogP) is 1.21. The van der Waals surface area contributed by atoms with Gasteiger partial charge in [-0.05, 0) is 13.0 Å². The van der Waals surface area contributed by atoms with E-state index in [4.69, 9.17) is 17.3 Å². The zero-order valence-electron chi connectivity index (χ0n) is 7.48. The maximum Gasteiger partial charge on any atom is 0.250 e. The van der Waals surface area contributed by atoms with Crippen molar-refractivity contribution in [3.05, 3.63) is 29.2 Å². The Morgan fingerprint density at radius 3 is 2.86 bits per heavy atom. The third-order valence-corrected chi connectivity index (χ3v) is 1.97. The second-order valence-electron chi connectivity index (χ2n) is 2.80. The summed E-state index contributed by atoms with van der Waals surface area (Å²) in [5.74, 6) is 0.736. The molecule has 0 amide bonds.